The molecule has 30 heavy (non-hydrogen) atoms. The maximum absolute atomic E-state index is 9.92. The van der Waals surface area contributed by atoms with Crippen molar-refractivity contribution in [2.45, 2.75) is 58.4 Å². The smallest absolute Gasteiger partial charge is 0.157 e. The zero-order valence-electron chi connectivity index (χ0n) is 18.2. The van der Waals surface area contributed by atoms with E-state index in [0.717, 1.165) is 60.9 Å². The number of hydrogen-bond donors (Lipinski definition) is 0. The zero-order chi connectivity index (χ0) is 20.7. The predicted molar refractivity (Wildman–Crippen MR) is 122 cm³/mol. The Bertz CT molecular complexity index is 1110. The number of aromatic nitrogens is 2. The van der Waals surface area contributed by atoms with E-state index >= 15 is 0 Å². The van der Waals surface area contributed by atoms with Gasteiger partial charge in [-0.1, -0.05) is 38.3 Å². The van der Waals surface area contributed by atoms with E-state index in [4.69, 9.17) is 4.98 Å². The van der Waals surface area contributed by atoms with Crippen molar-refractivity contribution in [2.24, 2.45) is 0 Å². The fourth-order valence-corrected chi connectivity index (χ4v) is 5.66. The lowest BCUT2D eigenvalue weighted by Crippen LogP contribution is -2.51. The minimum atomic E-state index is 0.715. The molecule has 0 bridgehead atoms. The molecule has 3 heterocycles. The lowest BCUT2D eigenvalue weighted by molar-refractivity contribution is 0.147. The van der Waals surface area contributed by atoms with Gasteiger partial charge in [-0.2, -0.15) is 5.26 Å². The van der Waals surface area contributed by atoms with E-state index in [1.807, 2.05) is 6.07 Å². The van der Waals surface area contributed by atoms with Crippen molar-refractivity contribution in [2.75, 3.05) is 31.1 Å². The summed E-state index contributed by atoms with van der Waals surface area (Å²) < 4.78 is 2.26. The fourth-order valence-electron chi connectivity index (χ4n) is 5.66. The number of benzene rings is 1. The van der Waals surface area contributed by atoms with Crippen LogP contribution in [0, 0.1) is 18.3 Å². The molecule has 1 saturated heterocycles. The van der Waals surface area contributed by atoms with Crippen LogP contribution < -0.4 is 4.90 Å². The molecular weight excluding hydrogens is 370 g/mol. The zero-order valence-corrected chi connectivity index (χ0v) is 18.2. The topological polar surface area (TPSA) is 47.6 Å². The Morgan fingerprint density at radius 3 is 2.50 bits per heavy atom. The van der Waals surface area contributed by atoms with Crippen LogP contribution in [-0.2, 0) is 6.42 Å². The lowest BCUT2D eigenvalue weighted by Gasteiger charge is -2.42. The van der Waals surface area contributed by atoms with Crippen LogP contribution >= 0.6 is 0 Å². The van der Waals surface area contributed by atoms with Crippen LogP contribution in [0.3, 0.4) is 0 Å². The first-order valence-corrected chi connectivity index (χ1v) is 11.5. The van der Waals surface area contributed by atoms with Gasteiger partial charge >= 0.3 is 0 Å². The van der Waals surface area contributed by atoms with E-state index in [0.29, 0.717) is 5.56 Å². The number of anilines is 1. The minimum absolute atomic E-state index is 0.715. The van der Waals surface area contributed by atoms with Gasteiger partial charge < -0.3 is 4.90 Å². The molecule has 1 saturated carbocycles. The van der Waals surface area contributed by atoms with E-state index in [9.17, 15) is 5.26 Å². The number of nitriles is 1. The van der Waals surface area contributed by atoms with Crippen LogP contribution in [0.1, 0.15) is 55.7 Å². The summed E-state index contributed by atoms with van der Waals surface area (Å²) in [6.45, 7) is 8.63. The van der Waals surface area contributed by atoms with Crippen LogP contribution in [0.4, 0.5) is 5.82 Å². The van der Waals surface area contributed by atoms with Crippen molar-refractivity contribution in [1.82, 2.24) is 14.3 Å². The molecule has 3 aromatic rings. The molecule has 2 aliphatic rings. The van der Waals surface area contributed by atoms with Crippen molar-refractivity contribution in [3.05, 3.63) is 41.0 Å². The summed E-state index contributed by atoms with van der Waals surface area (Å²) in [5.74, 6) is 1.25. The Balaban J connectivity index is 1.59. The quantitative estimate of drug-likeness (QED) is 0.639. The van der Waals surface area contributed by atoms with Gasteiger partial charge in [0.2, 0.25) is 0 Å². The van der Waals surface area contributed by atoms with Gasteiger partial charge in [-0.15, -0.1) is 0 Å². The predicted octanol–water partition coefficient (Wildman–Crippen LogP) is 4.68. The third-order valence-electron chi connectivity index (χ3n) is 7.26. The number of pyridine rings is 1. The van der Waals surface area contributed by atoms with Gasteiger partial charge in [0, 0.05) is 32.2 Å². The Labute approximate surface area is 178 Å². The van der Waals surface area contributed by atoms with Gasteiger partial charge in [0.1, 0.15) is 11.9 Å². The fraction of sp³-hybridized carbons (Fsp3) is 0.520. The maximum Gasteiger partial charge on any atom is 0.157 e. The highest BCUT2D eigenvalue weighted by molar-refractivity contribution is 5.86. The SMILES string of the molecule is CCc1c(C)c(C#N)c2nc3ccccc3n2c1N1CCN(C2CCCCC2)CC1. The van der Waals surface area contributed by atoms with Crippen LogP contribution in [-0.4, -0.2) is 46.5 Å². The molecule has 0 radical (unpaired) electrons. The molecular formula is C25H31N5. The Morgan fingerprint density at radius 1 is 1.07 bits per heavy atom. The number of nitrogens with zero attached hydrogens (tertiary/aromatic N) is 5. The molecule has 0 amide bonds. The van der Waals surface area contributed by atoms with Crippen molar-refractivity contribution in [3.8, 4) is 6.07 Å². The monoisotopic (exact) mass is 401 g/mol. The van der Waals surface area contributed by atoms with E-state index in [-0.39, 0.29) is 0 Å². The highest BCUT2D eigenvalue weighted by atomic mass is 15.3. The van der Waals surface area contributed by atoms with Gasteiger partial charge in [0.25, 0.3) is 0 Å². The molecule has 0 N–H and O–H groups in total. The second-order valence-electron chi connectivity index (χ2n) is 8.84. The number of para-hydroxylation sites is 2. The normalized spacial score (nSPS) is 18.9. The molecule has 0 unspecified atom stereocenters. The van der Waals surface area contributed by atoms with Gasteiger partial charge in [-0.3, -0.25) is 9.30 Å². The number of hydrogen-bond acceptors (Lipinski definition) is 4. The van der Waals surface area contributed by atoms with Crippen molar-refractivity contribution >= 4 is 22.5 Å². The molecule has 5 rings (SSSR count). The summed E-state index contributed by atoms with van der Waals surface area (Å²) in [6.07, 6.45) is 7.84. The second-order valence-corrected chi connectivity index (χ2v) is 8.84. The molecule has 2 aromatic heterocycles. The summed E-state index contributed by atoms with van der Waals surface area (Å²) >= 11 is 0. The van der Waals surface area contributed by atoms with Crippen molar-refractivity contribution in [1.29, 1.82) is 5.26 Å². The standard InChI is InChI=1S/C25H31N5/c1-3-20-18(2)21(17-26)24-27-22-11-7-8-12-23(22)30(24)25(20)29-15-13-28(14-16-29)19-9-5-4-6-10-19/h7-8,11-12,19H,3-6,9-10,13-16H2,1-2H3. The first-order valence-electron chi connectivity index (χ1n) is 11.5. The Morgan fingerprint density at radius 2 is 1.80 bits per heavy atom. The summed E-state index contributed by atoms with van der Waals surface area (Å²) in [5.41, 5.74) is 5.96. The van der Waals surface area contributed by atoms with Crippen LogP contribution in [0.15, 0.2) is 24.3 Å². The molecule has 1 aromatic carbocycles. The van der Waals surface area contributed by atoms with Crippen LogP contribution in [0.2, 0.25) is 0 Å². The largest absolute Gasteiger partial charge is 0.355 e. The third-order valence-corrected chi connectivity index (χ3v) is 7.26. The summed E-state index contributed by atoms with van der Waals surface area (Å²) in [5, 5.41) is 9.92. The number of rotatable bonds is 3. The summed E-state index contributed by atoms with van der Waals surface area (Å²) in [7, 11) is 0. The number of imidazole rings is 1. The summed E-state index contributed by atoms with van der Waals surface area (Å²) in [4.78, 5) is 10.1. The molecule has 0 spiro atoms. The Kier molecular flexibility index (Phi) is 5.12. The van der Waals surface area contributed by atoms with Crippen LogP contribution in [0.5, 0.6) is 0 Å². The summed E-state index contributed by atoms with van der Waals surface area (Å²) in [6, 6.07) is 11.5. The van der Waals surface area contributed by atoms with Gasteiger partial charge in [-0.25, -0.2) is 4.98 Å². The maximum atomic E-state index is 9.92. The minimum Gasteiger partial charge on any atom is -0.355 e. The molecule has 5 heteroatoms. The first-order chi connectivity index (χ1) is 14.7. The molecule has 1 aliphatic carbocycles. The van der Waals surface area contributed by atoms with E-state index in [2.05, 4.69) is 52.3 Å². The molecule has 0 atom stereocenters. The highest BCUT2D eigenvalue weighted by Gasteiger charge is 2.29. The molecule has 5 nitrogen and oxygen atoms in total. The third kappa shape index (κ3) is 3.06. The van der Waals surface area contributed by atoms with Gasteiger partial charge in [0.15, 0.2) is 5.65 Å². The average Bonchev–Trinajstić information content (AvgIpc) is 3.18. The lowest BCUT2D eigenvalue weighted by atomic mass is 9.93. The number of fused-ring (bicyclic) bond motifs is 3. The Hall–Kier alpha value is -2.58. The van der Waals surface area contributed by atoms with E-state index in [1.54, 1.807) is 0 Å². The highest BCUT2D eigenvalue weighted by Crippen LogP contribution is 2.34. The second kappa shape index (κ2) is 7.92. The van der Waals surface area contributed by atoms with Crippen LogP contribution in [0.25, 0.3) is 16.7 Å². The molecule has 1 aliphatic heterocycles. The molecule has 2 fully saturated rings. The number of piperazine rings is 1. The van der Waals surface area contributed by atoms with Crippen molar-refractivity contribution < 1.29 is 0 Å². The first kappa shape index (κ1) is 19.4. The molecule has 156 valence electrons. The van der Waals surface area contributed by atoms with Crippen molar-refractivity contribution in [3.63, 3.8) is 0 Å². The van der Waals surface area contributed by atoms with E-state index in [1.165, 1.54) is 43.5 Å². The van der Waals surface area contributed by atoms with Gasteiger partial charge in [0.05, 0.1) is 16.6 Å². The average molecular weight is 402 g/mol. The van der Waals surface area contributed by atoms with E-state index < -0.39 is 0 Å². The van der Waals surface area contributed by atoms with Gasteiger partial charge in [-0.05, 0) is 49.4 Å².